The van der Waals surface area contributed by atoms with Crippen molar-refractivity contribution in [3.8, 4) is 17.4 Å². The molecular weight excluding hydrogens is 1740 g/mol. The number of carboxylic acids is 1. The van der Waals surface area contributed by atoms with Crippen molar-refractivity contribution < 1.29 is 77.0 Å². The van der Waals surface area contributed by atoms with Crippen molar-refractivity contribution >= 4 is 150 Å². The number of pyridine rings is 7. The minimum absolute atomic E-state index is 0.00480. The topological polar surface area (TPSA) is 428 Å². The number of H-pyrrole nitrogens is 1. The second-order valence-corrected chi connectivity index (χ2v) is 36.4. The third kappa shape index (κ3) is 25.7. The molecule has 0 spiro atoms. The minimum Gasteiger partial charge on any atom is -0.491 e. The van der Waals surface area contributed by atoms with Gasteiger partial charge in [-0.2, -0.15) is 0 Å². The van der Waals surface area contributed by atoms with E-state index >= 15 is 0 Å². The monoisotopic (exact) mass is 1820 g/mol. The molecule has 7 heterocycles. The first-order valence-electron chi connectivity index (χ1n) is 35.8. The van der Waals surface area contributed by atoms with Gasteiger partial charge in [0.2, 0.25) is 34.6 Å². The number of ether oxygens (including phenoxy) is 3. The van der Waals surface area contributed by atoms with E-state index in [4.69, 9.17) is 72.2 Å². The van der Waals surface area contributed by atoms with Crippen molar-refractivity contribution in [2.24, 2.45) is 0 Å². The summed E-state index contributed by atoms with van der Waals surface area (Å²) in [6.07, 6.45) is 8.47. The molecule has 0 bridgehead atoms. The highest BCUT2D eigenvalue weighted by molar-refractivity contribution is 7.93. The Hall–Kier alpha value is -12.1. The molecule has 0 fully saturated rings. The molecule has 0 atom stereocenters. The van der Waals surface area contributed by atoms with Gasteiger partial charge in [0.25, 0.3) is 40.1 Å². The van der Waals surface area contributed by atoms with Gasteiger partial charge in [-0.05, 0) is 168 Å². The highest BCUT2D eigenvalue weighted by Crippen LogP contribution is 2.33. The summed E-state index contributed by atoms with van der Waals surface area (Å²) in [6.45, 7) is 17.2. The molecule has 12 aromatic rings. The number of anilines is 4. The van der Waals surface area contributed by atoms with Crippen LogP contribution < -0.4 is 38.7 Å². The average molecular weight is 1820 g/mol. The van der Waals surface area contributed by atoms with Gasteiger partial charge in [0, 0.05) is 71.6 Å². The number of aromatic carboxylic acids is 1. The van der Waals surface area contributed by atoms with E-state index in [0.717, 1.165) is 5.56 Å². The quantitative estimate of drug-likeness (QED) is 0.0206. The van der Waals surface area contributed by atoms with Crippen LogP contribution in [0.15, 0.2) is 256 Å². The number of hydrogen-bond donors (Lipinski definition) is 6. The summed E-state index contributed by atoms with van der Waals surface area (Å²) >= 11 is 29.7. The van der Waals surface area contributed by atoms with Gasteiger partial charge in [-0.1, -0.05) is 139 Å². The molecule has 121 heavy (non-hydrogen) atoms. The fraction of sp³-hybridized carbons (Fsp3) is 0.157. The van der Waals surface area contributed by atoms with E-state index in [-0.39, 0.29) is 142 Å². The predicted molar refractivity (Wildman–Crippen MR) is 460 cm³/mol. The number of rotatable bonds is 27. The minimum atomic E-state index is -4.07. The van der Waals surface area contributed by atoms with E-state index in [1.807, 2.05) is 62.3 Å². The van der Waals surface area contributed by atoms with E-state index in [2.05, 4.69) is 53.8 Å². The lowest BCUT2D eigenvalue weighted by molar-refractivity contribution is 0.0692. The zero-order valence-electron chi connectivity index (χ0n) is 65.3. The van der Waals surface area contributed by atoms with E-state index in [9.17, 15) is 67.5 Å². The van der Waals surface area contributed by atoms with Gasteiger partial charge in [-0.15, -0.1) is 0 Å². The Bertz CT molecular complexity index is 6340. The van der Waals surface area contributed by atoms with E-state index < -0.39 is 69.2 Å². The summed E-state index contributed by atoms with van der Waals surface area (Å²) in [6, 6.07) is 45.7. The number of sulfonamides is 4. The summed E-state index contributed by atoms with van der Waals surface area (Å²) in [7, 11) is -16.2. The molecule has 12 rings (SSSR count). The van der Waals surface area contributed by atoms with E-state index in [1.54, 1.807) is 54.6 Å². The number of carboxylic acid groups (broad SMARTS) is 1. The maximum atomic E-state index is 13.1. The van der Waals surface area contributed by atoms with Crippen molar-refractivity contribution in [1.82, 2.24) is 34.9 Å². The molecule has 628 valence electrons. The SMILES string of the molecule is CC(C)(C)c1ccc(S(=O)(=O)Nc2cc(Cl)cnc2C(=O)c2ccccc2C(=O)O)cc1.CC(C)Oc1ccc(S(=O)(=O)Nc2cc(Cl)cnc2C(=O)c2ccc(=O)[nH]c2)cc1.CC(C)Oc1ccc(S(=O)(=O)Nc2cc(Cl)cnc2C(=O)c2ccc(Cl)nc2)cc1.CC(C)Oc1ccc(S(=O)(=O)Nc2cc(Cl)cnc2C(=O)c2ccccc2)cn1. The molecular formula is C83H74Cl5N11O18S4. The maximum absolute atomic E-state index is 13.1. The molecule has 7 aromatic heterocycles. The third-order valence-electron chi connectivity index (χ3n) is 16.1. The van der Waals surface area contributed by atoms with Crippen LogP contribution in [0.3, 0.4) is 0 Å². The second-order valence-electron chi connectivity index (χ2n) is 27.5. The molecule has 0 saturated heterocycles. The maximum Gasteiger partial charge on any atom is 0.336 e. The first-order chi connectivity index (χ1) is 57.0. The summed E-state index contributed by atoms with van der Waals surface area (Å²) in [4.78, 5) is 100. The Balaban J connectivity index is 0.000000183. The molecule has 0 aliphatic heterocycles. The van der Waals surface area contributed by atoms with Crippen LogP contribution in [0.4, 0.5) is 22.7 Å². The van der Waals surface area contributed by atoms with Crippen molar-refractivity contribution in [3.05, 3.63) is 323 Å². The normalized spacial score (nSPS) is 11.4. The van der Waals surface area contributed by atoms with Crippen LogP contribution in [0.25, 0.3) is 0 Å². The molecule has 5 aromatic carbocycles. The standard InChI is InChI=1S/C23H21ClN2O5S.C20H17Cl2N3O4S.C20H18ClN3O5S.C20H18ClN3O4S/c1-23(2,3)14-8-10-16(11-9-14)32(30,31)26-19-12-15(24)13-25-20(19)21(27)17-6-4-5-7-18(17)22(28)29;1-12(2)29-15-4-6-16(7-5-15)30(27,28)25-17-9-14(21)11-24-19(17)20(26)13-3-8-18(22)23-10-13;1-12(2)29-15-4-6-16(7-5-15)30(27,28)24-17-9-14(21)11-23-19(17)20(26)13-3-8-18(25)22-10-13;1-13(2)28-18-9-8-16(12-22-18)29(26,27)24-17-10-15(21)11-23-19(17)20(25)14-6-4-3-5-7-14/h4-13,26H,1-3H3,(H,28,29);3-12,25H,1-2H3;3-12,24H,1-2H3,(H,22,25);3-13,24H,1-2H3. The molecule has 0 amide bonds. The summed E-state index contributed by atoms with van der Waals surface area (Å²) in [5.41, 5.74) is -0.0956. The number of carbonyl (C=O) groups is 5. The molecule has 29 nitrogen and oxygen atoms in total. The number of aromatic amines is 1. The molecule has 0 aliphatic rings. The van der Waals surface area contributed by atoms with Gasteiger partial charge >= 0.3 is 5.97 Å². The molecule has 6 N–H and O–H groups in total. The number of ketones is 4. The Morgan fingerprint density at radius 1 is 0.380 bits per heavy atom. The fourth-order valence-corrected chi connectivity index (χ4v) is 15.5. The molecule has 38 heteroatoms. The van der Waals surface area contributed by atoms with Crippen molar-refractivity contribution in [1.29, 1.82) is 0 Å². The molecule has 0 saturated carbocycles. The summed E-state index contributed by atoms with van der Waals surface area (Å²) < 4.78 is 129. The number of nitrogens with one attached hydrogen (secondary N) is 5. The summed E-state index contributed by atoms with van der Waals surface area (Å²) in [5.74, 6) is -2.20. The van der Waals surface area contributed by atoms with Crippen LogP contribution in [-0.2, 0) is 45.5 Å². The number of nitrogens with zero attached hydrogens (tertiary/aromatic N) is 6. The zero-order chi connectivity index (χ0) is 88.5. The Morgan fingerprint density at radius 3 is 1.11 bits per heavy atom. The van der Waals surface area contributed by atoms with Crippen molar-refractivity contribution in [2.75, 3.05) is 18.9 Å². The number of halogens is 5. The lowest BCUT2D eigenvalue weighted by Gasteiger charge is -2.19. The first kappa shape index (κ1) is 92.8. The highest BCUT2D eigenvalue weighted by atomic mass is 35.5. The lowest BCUT2D eigenvalue weighted by atomic mass is 9.87. The summed E-state index contributed by atoms with van der Waals surface area (Å²) in [5, 5.41) is 10.2. The number of aromatic nitrogens is 7. The Morgan fingerprint density at radius 2 is 0.744 bits per heavy atom. The second kappa shape index (κ2) is 40.3. The highest BCUT2D eigenvalue weighted by Gasteiger charge is 2.29. The van der Waals surface area contributed by atoms with Crippen LogP contribution in [-0.4, -0.2) is 121 Å². The first-order valence-corrected chi connectivity index (χ1v) is 43.7. The number of benzene rings is 5. The number of hydrogen-bond acceptors (Lipinski definition) is 23. The van der Waals surface area contributed by atoms with Crippen LogP contribution in [0.5, 0.6) is 17.4 Å². The van der Waals surface area contributed by atoms with Gasteiger partial charge < -0.3 is 24.3 Å². The zero-order valence-corrected chi connectivity index (χ0v) is 72.3. The van der Waals surface area contributed by atoms with E-state index in [1.165, 1.54) is 177 Å². The van der Waals surface area contributed by atoms with E-state index in [0.29, 0.717) is 22.9 Å². The third-order valence-corrected chi connectivity index (χ3v) is 22.7. The van der Waals surface area contributed by atoms with Gasteiger partial charge in [0.15, 0.2) is 0 Å². The van der Waals surface area contributed by atoms with Crippen LogP contribution in [0, 0.1) is 0 Å². The molecule has 0 aliphatic carbocycles. The number of carbonyl (C=O) groups excluding carboxylic acids is 4. The Kier molecular flexibility index (Phi) is 30.9. The van der Waals surface area contributed by atoms with Crippen LogP contribution in [0.2, 0.25) is 25.2 Å². The Labute approximate surface area is 721 Å². The fourth-order valence-electron chi connectivity index (χ4n) is 10.6. The van der Waals surface area contributed by atoms with Crippen LogP contribution >= 0.6 is 58.0 Å². The van der Waals surface area contributed by atoms with Gasteiger partial charge in [-0.3, -0.25) is 42.9 Å². The molecule has 0 radical (unpaired) electrons. The van der Waals surface area contributed by atoms with Crippen molar-refractivity contribution in [2.45, 2.75) is 106 Å². The van der Waals surface area contributed by atoms with Gasteiger partial charge in [0.05, 0.1) is 87.6 Å². The molecule has 0 unspecified atom stereocenters. The van der Waals surface area contributed by atoms with Gasteiger partial charge in [0.1, 0.15) is 44.3 Å². The average Bonchev–Trinajstić information content (AvgIpc) is 0.813. The lowest BCUT2D eigenvalue weighted by Crippen LogP contribution is -2.18. The van der Waals surface area contributed by atoms with Crippen LogP contribution in [0.1, 0.15) is 142 Å². The van der Waals surface area contributed by atoms with Gasteiger partial charge in [-0.25, -0.2) is 68.4 Å². The van der Waals surface area contributed by atoms with Crippen molar-refractivity contribution in [3.63, 3.8) is 0 Å². The largest absolute Gasteiger partial charge is 0.491 e. The predicted octanol–water partition coefficient (Wildman–Crippen LogP) is 16.6. The smallest absolute Gasteiger partial charge is 0.336 e.